The van der Waals surface area contributed by atoms with Gasteiger partial charge in [0.2, 0.25) is 0 Å². The van der Waals surface area contributed by atoms with E-state index in [1.54, 1.807) is 0 Å². The molecule has 0 saturated heterocycles. The van der Waals surface area contributed by atoms with E-state index in [9.17, 15) is 0 Å². The maximum atomic E-state index is 3.88. The van der Waals surface area contributed by atoms with Crippen molar-refractivity contribution in [1.29, 1.82) is 0 Å². The van der Waals surface area contributed by atoms with Crippen LogP contribution in [0.2, 0.25) is 15.8 Å². The van der Waals surface area contributed by atoms with Crippen LogP contribution in [0.5, 0.6) is 0 Å². The van der Waals surface area contributed by atoms with Crippen LogP contribution in [0.3, 0.4) is 0 Å². The summed E-state index contributed by atoms with van der Waals surface area (Å²) in [7, 11) is 0. The molecule has 0 aromatic heterocycles. The van der Waals surface area contributed by atoms with Crippen molar-refractivity contribution in [3.8, 4) is 9.46 Å². The van der Waals surface area contributed by atoms with E-state index in [2.05, 4.69) is 90.9 Å². The van der Waals surface area contributed by atoms with Gasteiger partial charge in [-0.15, -0.1) is 0 Å². The molecule has 0 radical (unpaired) electrons. The van der Waals surface area contributed by atoms with E-state index in [1.807, 2.05) is 0 Å². The molecule has 0 fully saturated rings. The van der Waals surface area contributed by atoms with Gasteiger partial charge < -0.3 is 0 Å². The van der Waals surface area contributed by atoms with Crippen molar-refractivity contribution in [1.82, 2.24) is 0 Å². The monoisotopic (exact) mass is 414 g/mol. The minimum absolute atomic E-state index is 1.33. The van der Waals surface area contributed by atoms with Gasteiger partial charge in [0.05, 0.1) is 0 Å². The molecule has 0 atom stereocenters. The van der Waals surface area contributed by atoms with E-state index in [0.29, 0.717) is 0 Å². The zero-order valence-electron chi connectivity index (χ0n) is 13.8. The molecule has 0 aliphatic rings. The fourth-order valence-corrected chi connectivity index (χ4v) is 14.6. The number of benzene rings is 2. The van der Waals surface area contributed by atoms with E-state index in [1.165, 1.54) is 24.5 Å². The Kier molecular flexibility index (Phi) is 6.87. The van der Waals surface area contributed by atoms with Crippen LogP contribution in [-0.2, 0) is 0 Å². The van der Waals surface area contributed by atoms with Crippen LogP contribution < -0.4 is 8.70 Å². The Morgan fingerprint density at radius 3 is 1.50 bits per heavy atom. The van der Waals surface area contributed by atoms with Gasteiger partial charge in [-0.2, -0.15) is 0 Å². The number of rotatable bonds is 5. The zero-order valence-corrected chi connectivity index (χ0v) is 17.8. The summed E-state index contributed by atoms with van der Waals surface area (Å²) in [5, 5.41) is 3.98. The van der Waals surface area contributed by atoms with Crippen LogP contribution in [-0.4, -0.2) is 27.9 Å². The van der Waals surface area contributed by atoms with E-state index in [-0.39, 0.29) is 0 Å². The first-order valence-corrected chi connectivity index (χ1v) is 16.5. The Balaban J connectivity index is 2.43. The predicted octanol–water partition coefficient (Wildman–Crippen LogP) is 3.89. The van der Waals surface area contributed by atoms with Gasteiger partial charge >= 0.3 is 143 Å². The molecule has 2 aromatic rings. The summed E-state index contributed by atoms with van der Waals surface area (Å²) in [6, 6.07) is 21.8. The normalized spacial score (nSPS) is 11.1. The molecule has 0 saturated carbocycles. The Bertz CT molecular complexity index is 573. The van der Waals surface area contributed by atoms with Gasteiger partial charge in [-0.05, 0) is 0 Å². The van der Waals surface area contributed by atoms with Gasteiger partial charge in [0, 0.05) is 0 Å². The van der Waals surface area contributed by atoms with Crippen LogP contribution >= 0.6 is 0 Å². The maximum absolute atomic E-state index is 3.88. The van der Waals surface area contributed by atoms with Crippen molar-refractivity contribution >= 4 is 36.6 Å². The fraction of sp³-hybridized carbons (Fsp3) is 0.300. The average molecular weight is 413 g/mol. The number of hydrogen-bond donors (Lipinski definition) is 0. The molecular weight excluding hydrogens is 388 g/mol. The van der Waals surface area contributed by atoms with E-state index >= 15 is 0 Å². The zero-order chi connectivity index (χ0) is 15.8. The standard InChI is InChI=1S/C20H25AsGe/c1-4-22(5-2,6-3)18-17-21(19-13-9-7-10-14-19)20-15-11-8-12-16-20/h7-16H,4-6H2,1-3H3. The summed E-state index contributed by atoms with van der Waals surface area (Å²) in [6.45, 7) is 7.05. The second-order valence-corrected chi connectivity index (χ2v) is 20.0. The SMILES string of the molecule is C[CH2][Ge]([C]#C[As](c1ccccc1)c1ccccc1)([CH2]C)[CH2]C. The van der Waals surface area contributed by atoms with Crippen molar-refractivity contribution in [2.75, 3.05) is 0 Å². The summed E-state index contributed by atoms with van der Waals surface area (Å²) < 4.78 is 10.6. The molecule has 0 spiro atoms. The van der Waals surface area contributed by atoms with Gasteiger partial charge in [-0.3, -0.25) is 0 Å². The minimum atomic E-state index is -1.92. The van der Waals surface area contributed by atoms with Crippen LogP contribution in [0, 0.1) is 9.46 Å². The van der Waals surface area contributed by atoms with Crippen LogP contribution in [0.25, 0.3) is 0 Å². The van der Waals surface area contributed by atoms with Crippen molar-refractivity contribution in [2.24, 2.45) is 0 Å². The van der Waals surface area contributed by atoms with E-state index in [0.717, 1.165) is 0 Å². The third kappa shape index (κ3) is 4.31. The molecule has 22 heavy (non-hydrogen) atoms. The van der Waals surface area contributed by atoms with Crippen LogP contribution in [0.4, 0.5) is 0 Å². The van der Waals surface area contributed by atoms with Crippen molar-refractivity contribution in [2.45, 2.75) is 36.5 Å². The van der Waals surface area contributed by atoms with Crippen molar-refractivity contribution in [3.05, 3.63) is 60.7 Å². The van der Waals surface area contributed by atoms with Crippen molar-refractivity contribution in [3.63, 3.8) is 0 Å². The number of hydrogen-bond acceptors (Lipinski definition) is 0. The molecule has 0 bridgehead atoms. The molecule has 0 nitrogen and oxygen atoms in total. The molecule has 0 heterocycles. The summed E-state index contributed by atoms with van der Waals surface area (Å²) in [6.07, 6.45) is 0. The van der Waals surface area contributed by atoms with Gasteiger partial charge in [0.15, 0.2) is 0 Å². The second-order valence-electron chi connectivity index (χ2n) is 5.58. The molecule has 2 aromatic carbocycles. The third-order valence-electron chi connectivity index (χ3n) is 4.49. The molecule has 2 heteroatoms. The predicted molar refractivity (Wildman–Crippen MR) is 103 cm³/mol. The topological polar surface area (TPSA) is 0 Å². The average Bonchev–Trinajstić information content (AvgIpc) is 2.61. The Hall–Kier alpha value is -0.899. The molecule has 0 amide bonds. The molecule has 0 aliphatic carbocycles. The van der Waals surface area contributed by atoms with Gasteiger partial charge in [-0.25, -0.2) is 0 Å². The quantitative estimate of drug-likeness (QED) is 0.516. The first-order valence-electron chi connectivity index (χ1n) is 8.17. The van der Waals surface area contributed by atoms with Crippen LogP contribution in [0.1, 0.15) is 20.8 Å². The Morgan fingerprint density at radius 1 is 0.727 bits per heavy atom. The summed E-state index contributed by atoms with van der Waals surface area (Å²) >= 11 is -3.40. The van der Waals surface area contributed by atoms with Gasteiger partial charge in [-0.1, -0.05) is 0 Å². The van der Waals surface area contributed by atoms with Crippen molar-refractivity contribution < 1.29 is 0 Å². The molecule has 0 aliphatic heterocycles. The van der Waals surface area contributed by atoms with E-state index in [4.69, 9.17) is 0 Å². The van der Waals surface area contributed by atoms with Crippen LogP contribution in [0.15, 0.2) is 60.7 Å². The molecular formula is C20H25AsGe. The summed E-state index contributed by atoms with van der Waals surface area (Å²) in [4.78, 5) is 0. The Morgan fingerprint density at radius 2 is 1.14 bits per heavy atom. The first-order chi connectivity index (χ1) is 10.7. The molecule has 0 N–H and O–H groups in total. The fourth-order valence-electron chi connectivity index (χ4n) is 2.62. The molecule has 0 unspecified atom stereocenters. The van der Waals surface area contributed by atoms with E-state index < -0.39 is 27.9 Å². The third-order valence-corrected chi connectivity index (χ3v) is 19.5. The van der Waals surface area contributed by atoms with Gasteiger partial charge in [0.1, 0.15) is 0 Å². The molecule has 2 rings (SSSR count). The Labute approximate surface area is 143 Å². The second kappa shape index (κ2) is 8.66. The molecule has 114 valence electrons. The van der Waals surface area contributed by atoms with Gasteiger partial charge in [0.25, 0.3) is 0 Å². The first kappa shape index (κ1) is 17.5. The summed E-state index contributed by atoms with van der Waals surface area (Å²) in [5.74, 6) is 0. The summed E-state index contributed by atoms with van der Waals surface area (Å²) in [5.41, 5.74) is 0.